The van der Waals surface area contributed by atoms with Crippen molar-refractivity contribution in [2.45, 2.75) is 0 Å². The number of H-pyrrole nitrogens is 1. The standard InChI is InChI=1S/C17H13N3O4S/c1-2-15(22)18-9-4-6-13(21)11(7-9)16(23)19-10-3-5-12-14(8-10)24-17(25)20-12/h2-8,21H,1H2,(H,18,22)(H,19,23)(H,20,25). The summed E-state index contributed by atoms with van der Waals surface area (Å²) >= 11 is 4.91. The van der Waals surface area contributed by atoms with E-state index in [1.807, 2.05) is 0 Å². The normalized spacial score (nSPS) is 10.4. The summed E-state index contributed by atoms with van der Waals surface area (Å²) in [6.45, 7) is 3.35. The molecule has 0 aliphatic heterocycles. The molecule has 1 aromatic heterocycles. The molecule has 0 atom stereocenters. The first-order valence-electron chi connectivity index (χ1n) is 7.17. The van der Waals surface area contributed by atoms with E-state index in [9.17, 15) is 14.7 Å². The second-order valence-electron chi connectivity index (χ2n) is 5.10. The van der Waals surface area contributed by atoms with Gasteiger partial charge in [0.05, 0.1) is 11.1 Å². The van der Waals surface area contributed by atoms with Crippen molar-refractivity contribution in [3.05, 3.63) is 59.5 Å². The van der Waals surface area contributed by atoms with Crippen molar-refractivity contribution in [1.29, 1.82) is 0 Å². The fourth-order valence-electron chi connectivity index (χ4n) is 2.21. The van der Waals surface area contributed by atoms with Crippen LogP contribution in [0.1, 0.15) is 10.4 Å². The third kappa shape index (κ3) is 3.59. The fourth-order valence-corrected chi connectivity index (χ4v) is 2.41. The van der Waals surface area contributed by atoms with Gasteiger partial charge in [-0.3, -0.25) is 9.59 Å². The number of rotatable bonds is 4. The first-order valence-corrected chi connectivity index (χ1v) is 7.58. The van der Waals surface area contributed by atoms with Gasteiger partial charge in [-0.15, -0.1) is 0 Å². The number of fused-ring (bicyclic) bond motifs is 1. The number of oxazole rings is 1. The first kappa shape index (κ1) is 16.5. The van der Waals surface area contributed by atoms with Crippen molar-refractivity contribution in [2.24, 2.45) is 0 Å². The molecule has 1 heterocycles. The Labute approximate surface area is 147 Å². The van der Waals surface area contributed by atoms with Crippen LogP contribution in [0.4, 0.5) is 11.4 Å². The van der Waals surface area contributed by atoms with Crippen molar-refractivity contribution >= 4 is 46.5 Å². The Morgan fingerprint density at radius 2 is 1.88 bits per heavy atom. The minimum absolute atomic E-state index is 0.0110. The number of aromatic amines is 1. The number of carbonyl (C=O) groups excluding carboxylic acids is 2. The number of carbonyl (C=O) groups is 2. The summed E-state index contributed by atoms with van der Waals surface area (Å²) in [6, 6.07) is 9.16. The van der Waals surface area contributed by atoms with Gasteiger partial charge in [0.1, 0.15) is 5.75 Å². The van der Waals surface area contributed by atoms with E-state index >= 15 is 0 Å². The maximum absolute atomic E-state index is 12.4. The second-order valence-corrected chi connectivity index (χ2v) is 5.48. The molecule has 25 heavy (non-hydrogen) atoms. The zero-order valence-corrected chi connectivity index (χ0v) is 13.6. The molecule has 4 N–H and O–H groups in total. The summed E-state index contributed by atoms with van der Waals surface area (Å²) < 4.78 is 5.30. The molecule has 2 amide bonds. The molecule has 0 aliphatic rings. The minimum Gasteiger partial charge on any atom is -0.507 e. The van der Waals surface area contributed by atoms with Gasteiger partial charge in [-0.2, -0.15) is 0 Å². The van der Waals surface area contributed by atoms with E-state index < -0.39 is 11.8 Å². The lowest BCUT2D eigenvalue weighted by atomic mass is 10.1. The van der Waals surface area contributed by atoms with Crippen LogP contribution in [0.2, 0.25) is 0 Å². The molecule has 0 saturated carbocycles. The van der Waals surface area contributed by atoms with Gasteiger partial charge in [0.25, 0.3) is 10.7 Å². The number of anilines is 2. The number of amides is 2. The van der Waals surface area contributed by atoms with E-state index in [0.717, 1.165) is 6.08 Å². The highest BCUT2D eigenvalue weighted by Crippen LogP contribution is 2.24. The van der Waals surface area contributed by atoms with Gasteiger partial charge in [-0.25, -0.2) is 0 Å². The monoisotopic (exact) mass is 355 g/mol. The van der Waals surface area contributed by atoms with Gasteiger partial charge >= 0.3 is 0 Å². The van der Waals surface area contributed by atoms with Crippen LogP contribution in [0, 0.1) is 4.84 Å². The zero-order chi connectivity index (χ0) is 18.0. The van der Waals surface area contributed by atoms with Crippen molar-refractivity contribution in [3.63, 3.8) is 0 Å². The number of nitrogens with one attached hydrogen (secondary N) is 3. The molecule has 0 fully saturated rings. The summed E-state index contributed by atoms with van der Waals surface area (Å²) in [5.74, 6) is -1.17. The summed E-state index contributed by atoms with van der Waals surface area (Å²) in [5.41, 5.74) is 2.05. The molecule has 3 aromatic rings. The lowest BCUT2D eigenvalue weighted by molar-refractivity contribution is -0.111. The largest absolute Gasteiger partial charge is 0.507 e. The number of benzene rings is 2. The number of hydrogen-bond acceptors (Lipinski definition) is 5. The predicted molar refractivity (Wildman–Crippen MR) is 96.3 cm³/mol. The molecule has 0 spiro atoms. The molecule has 0 bridgehead atoms. The van der Waals surface area contributed by atoms with E-state index in [1.165, 1.54) is 18.2 Å². The van der Waals surface area contributed by atoms with E-state index in [4.69, 9.17) is 16.6 Å². The van der Waals surface area contributed by atoms with Crippen molar-refractivity contribution < 1.29 is 19.1 Å². The van der Waals surface area contributed by atoms with Gasteiger partial charge in [-0.1, -0.05) is 6.58 Å². The number of phenols is 1. The van der Waals surface area contributed by atoms with Crippen molar-refractivity contribution in [2.75, 3.05) is 10.6 Å². The Balaban J connectivity index is 1.86. The number of aromatic hydroxyl groups is 1. The highest BCUT2D eigenvalue weighted by molar-refractivity contribution is 7.71. The smallest absolute Gasteiger partial charge is 0.266 e. The minimum atomic E-state index is -0.541. The van der Waals surface area contributed by atoms with Crippen LogP contribution in [0.15, 0.2) is 53.5 Å². The number of hydrogen-bond donors (Lipinski definition) is 4. The lowest BCUT2D eigenvalue weighted by Gasteiger charge is -2.09. The van der Waals surface area contributed by atoms with Crippen LogP contribution in [0.5, 0.6) is 5.75 Å². The van der Waals surface area contributed by atoms with Crippen LogP contribution in [0.25, 0.3) is 11.1 Å². The first-order chi connectivity index (χ1) is 12.0. The third-order valence-electron chi connectivity index (χ3n) is 3.37. The molecular formula is C17H13N3O4S. The van der Waals surface area contributed by atoms with Gasteiger partial charge in [0.2, 0.25) is 5.91 Å². The molecule has 126 valence electrons. The molecule has 0 unspecified atom stereocenters. The van der Waals surface area contributed by atoms with Crippen LogP contribution in [0.3, 0.4) is 0 Å². The van der Waals surface area contributed by atoms with Crippen molar-refractivity contribution in [1.82, 2.24) is 4.98 Å². The van der Waals surface area contributed by atoms with Crippen LogP contribution < -0.4 is 10.6 Å². The number of phenolic OH excluding ortho intramolecular Hbond substituents is 1. The van der Waals surface area contributed by atoms with Crippen molar-refractivity contribution in [3.8, 4) is 5.75 Å². The van der Waals surface area contributed by atoms with Gasteiger partial charge in [-0.05, 0) is 48.6 Å². The molecule has 2 aromatic carbocycles. The van der Waals surface area contributed by atoms with E-state index in [-0.39, 0.29) is 16.2 Å². The summed E-state index contributed by atoms with van der Waals surface area (Å²) in [4.78, 5) is 26.9. The fraction of sp³-hybridized carbons (Fsp3) is 0. The Bertz CT molecular complexity index is 1050. The van der Waals surface area contributed by atoms with Crippen LogP contribution in [-0.4, -0.2) is 21.9 Å². The predicted octanol–water partition coefficient (Wildman–Crippen LogP) is 3.57. The third-order valence-corrected chi connectivity index (χ3v) is 3.56. The highest BCUT2D eigenvalue weighted by Gasteiger charge is 2.13. The van der Waals surface area contributed by atoms with Gasteiger partial charge < -0.3 is 25.1 Å². The number of aromatic nitrogens is 1. The van der Waals surface area contributed by atoms with Gasteiger partial charge in [0, 0.05) is 17.4 Å². The summed E-state index contributed by atoms with van der Waals surface area (Å²) in [6.07, 6.45) is 1.11. The lowest BCUT2D eigenvalue weighted by Crippen LogP contribution is -2.13. The maximum Gasteiger partial charge on any atom is 0.266 e. The highest BCUT2D eigenvalue weighted by atomic mass is 32.1. The van der Waals surface area contributed by atoms with Gasteiger partial charge in [0.15, 0.2) is 5.58 Å². The molecule has 3 rings (SSSR count). The molecule has 7 nitrogen and oxygen atoms in total. The Morgan fingerprint density at radius 1 is 1.16 bits per heavy atom. The molecule has 8 heteroatoms. The quantitative estimate of drug-likeness (QED) is 0.325. The van der Waals surface area contributed by atoms with E-state index in [1.54, 1.807) is 18.2 Å². The van der Waals surface area contributed by atoms with Crippen LogP contribution >= 0.6 is 12.2 Å². The zero-order valence-electron chi connectivity index (χ0n) is 12.8. The van der Waals surface area contributed by atoms with E-state index in [0.29, 0.717) is 22.5 Å². The Kier molecular flexibility index (Phi) is 4.36. The molecule has 0 saturated heterocycles. The van der Waals surface area contributed by atoms with Crippen LogP contribution in [-0.2, 0) is 4.79 Å². The Morgan fingerprint density at radius 3 is 2.64 bits per heavy atom. The average molecular weight is 355 g/mol. The second kappa shape index (κ2) is 6.62. The SMILES string of the molecule is C=CC(=O)Nc1ccc(O)c(C(=O)Nc2ccc3[nH]c(=S)oc3c2)c1. The average Bonchev–Trinajstić information content (AvgIpc) is 2.95. The summed E-state index contributed by atoms with van der Waals surface area (Å²) in [7, 11) is 0. The maximum atomic E-state index is 12.4. The molecule has 0 radical (unpaired) electrons. The Hall–Kier alpha value is -3.39. The molecular weight excluding hydrogens is 342 g/mol. The summed E-state index contributed by atoms with van der Waals surface area (Å²) in [5, 5.41) is 15.1. The van der Waals surface area contributed by atoms with E-state index in [2.05, 4.69) is 22.2 Å². The molecule has 0 aliphatic carbocycles. The topological polar surface area (TPSA) is 107 Å².